The zero-order valence-electron chi connectivity index (χ0n) is 8.34. The Bertz CT molecular complexity index is 454. The van der Waals surface area contributed by atoms with Crippen molar-refractivity contribution in [3.05, 3.63) is 36.7 Å². The molecule has 0 atom stereocenters. The number of aromatic nitrogens is 2. The topological polar surface area (TPSA) is 61.0 Å². The van der Waals surface area contributed by atoms with E-state index < -0.39 is 0 Å². The lowest BCUT2D eigenvalue weighted by Crippen LogP contribution is -1.93. The van der Waals surface area contributed by atoms with Crippen LogP contribution in [-0.2, 0) is 0 Å². The monoisotopic (exact) mass is 201 g/mol. The number of rotatable bonds is 2. The fourth-order valence-corrected chi connectivity index (χ4v) is 1.29. The summed E-state index contributed by atoms with van der Waals surface area (Å²) in [7, 11) is 1.64. The van der Waals surface area contributed by atoms with Crippen LogP contribution < -0.4 is 10.5 Å². The van der Waals surface area contributed by atoms with E-state index in [4.69, 9.17) is 10.5 Å². The summed E-state index contributed by atoms with van der Waals surface area (Å²) in [5, 5.41) is 0. The lowest BCUT2D eigenvalue weighted by molar-refractivity contribution is 0.415. The Morgan fingerprint density at radius 3 is 2.53 bits per heavy atom. The zero-order valence-corrected chi connectivity index (χ0v) is 8.34. The van der Waals surface area contributed by atoms with Crippen molar-refractivity contribution in [1.29, 1.82) is 0 Å². The van der Waals surface area contributed by atoms with Crippen molar-refractivity contribution in [3.8, 4) is 16.9 Å². The van der Waals surface area contributed by atoms with Gasteiger partial charge in [-0.15, -0.1) is 0 Å². The standard InChI is InChI=1S/C11H11N3O/c1-15-10-4-2-3-8(5-10)9-6-13-11(12)14-7-9/h2-7H,1H3,(H2,12,13,14). The van der Waals surface area contributed by atoms with Crippen molar-refractivity contribution in [2.45, 2.75) is 0 Å². The second kappa shape index (κ2) is 3.96. The van der Waals surface area contributed by atoms with E-state index in [1.54, 1.807) is 19.5 Å². The van der Waals surface area contributed by atoms with Crippen LogP contribution in [0.2, 0.25) is 0 Å². The lowest BCUT2D eigenvalue weighted by Gasteiger charge is -2.03. The van der Waals surface area contributed by atoms with Gasteiger partial charge in [-0.1, -0.05) is 12.1 Å². The molecule has 4 nitrogen and oxygen atoms in total. The first-order valence-corrected chi connectivity index (χ1v) is 4.51. The van der Waals surface area contributed by atoms with Gasteiger partial charge >= 0.3 is 0 Å². The fourth-order valence-electron chi connectivity index (χ4n) is 1.29. The molecule has 0 amide bonds. The van der Waals surface area contributed by atoms with Gasteiger partial charge in [-0.2, -0.15) is 0 Å². The van der Waals surface area contributed by atoms with E-state index in [1.807, 2.05) is 24.3 Å². The molecule has 4 heteroatoms. The lowest BCUT2D eigenvalue weighted by atomic mass is 10.1. The van der Waals surface area contributed by atoms with Crippen molar-refractivity contribution in [2.75, 3.05) is 12.8 Å². The van der Waals surface area contributed by atoms with Gasteiger partial charge in [0.15, 0.2) is 0 Å². The van der Waals surface area contributed by atoms with Crippen LogP contribution in [0.5, 0.6) is 5.75 Å². The van der Waals surface area contributed by atoms with Crippen LogP contribution in [-0.4, -0.2) is 17.1 Å². The number of hydrogen-bond acceptors (Lipinski definition) is 4. The molecular weight excluding hydrogens is 190 g/mol. The van der Waals surface area contributed by atoms with Gasteiger partial charge in [-0.3, -0.25) is 0 Å². The molecule has 0 saturated carbocycles. The van der Waals surface area contributed by atoms with Crippen LogP contribution in [0.25, 0.3) is 11.1 Å². The molecule has 0 fully saturated rings. The molecule has 0 radical (unpaired) electrons. The van der Waals surface area contributed by atoms with E-state index in [1.165, 1.54) is 0 Å². The van der Waals surface area contributed by atoms with E-state index >= 15 is 0 Å². The molecule has 2 N–H and O–H groups in total. The van der Waals surface area contributed by atoms with Gasteiger partial charge < -0.3 is 10.5 Å². The molecule has 0 aliphatic carbocycles. The van der Waals surface area contributed by atoms with Crippen LogP contribution in [0.4, 0.5) is 5.95 Å². The minimum Gasteiger partial charge on any atom is -0.497 e. The van der Waals surface area contributed by atoms with E-state index in [-0.39, 0.29) is 5.95 Å². The summed E-state index contributed by atoms with van der Waals surface area (Å²) >= 11 is 0. The molecule has 1 heterocycles. The largest absolute Gasteiger partial charge is 0.497 e. The second-order valence-corrected chi connectivity index (χ2v) is 3.06. The summed E-state index contributed by atoms with van der Waals surface area (Å²) in [5.74, 6) is 1.09. The minimum atomic E-state index is 0.279. The molecule has 2 rings (SSSR count). The van der Waals surface area contributed by atoms with Gasteiger partial charge in [-0.05, 0) is 17.7 Å². The van der Waals surface area contributed by atoms with Gasteiger partial charge in [0.25, 0.3) is 0 Å². The third kappa shape index (κ3) is 2.04. The van der Waals surface area contributed by atoms with E-state index in [2.05, 4.69) is 9.97 Å². The van der Waals surface area contributed by atoms with E-state index in [9.17, 15) is 0 Å². The Labute approximate surface area is 87.7 Å². The summed E-state index contributed by atoms with van der Waals surface area (Å²) < 4.78 is 5.13. The van der Waals surface area contributed by atoms with E-state index in [0.717, 1.165) is 16.9 Å². The quantitative estimate of drug-likeness (QED) is 0.803. The number of anilines is 1. The molecule has 0 saturated heterocycles. The van der Waals surface area contributed by atoms with Gasteiger partial charge in [0.1, 0.15) is 5.75 Å². The van der Waals surface area contributed by atoms with Crippen molar-refractivity contribution in [3.63, 3.8) is 0 Å². The Morgan fingerprint density at radius 2 is 1.87 bits per heavy atom. The molecule has 0 unspecified atom stereocenters. The van der Waals surface area contributed by atoms with Crippen LogP contribution in [0.15, 0.2) is 36.7 Å². The molecule has 1 aromatic carbocycles. The number of methoxy groups -OCH3 is 1. The van der Waals surface area contributed by atoms with Gasteiger partial charge in [0.2, 0.25) is 5.95 Å². The number of ether oxygens (including phenoxy) is 1. The maximum atomic E-state index is 5.41. The molecule has 0 spiro atoms. The Morgan fingerprint density at radius 1 is 1.13 bits per heavy atom. The third-order valence-electron chi connectivity index (χ3n) is 2.07. The highest BCUT2D eigenvalue weighted by molar-refractivity contribution is 5.63. The van der Waals surface area contributed by atoms with Crippen LogP contribution in [0.1, 0.15) is 0 Å². The van der Waals surface area contributed by atoms with E-state index in [0.29, 0.717) is 0 Å². The molecule has 0 bridgehead atoms. The first kappa shape index (κ1) is 9.45. The number of nitrogens with zero attached hydrogens (tertiary/aromatic N) is 2. The van der Waals surface area contributed by atoms with Gasteiger partial charge in [0.05, 0.1) is 7.11 Å². The number of benzene rings is 1. The Balaban J connectivity index is 2.40. The van der Waals surface area contributed by atoms with Gasteiger partial charge in [0, 0.05) is 18.0 Å². The molecule has 15 heavy (non-hydrogen) atoms. The van der Waals surface area contributed by atoms with Crippen molar-refractivity contribution in [1.82, 2.24) is 9.97 Å². The SMILES string of the molecule is COc1cccc(-c2cnc(N)nc2)c1. The van der Waals surface area contributed by atoms with Crippen molar-refractivity contribution in [2.24, 2.45) is 0 Å². The summed E-state index contributed by atoms with van der Waals surface area (Å²) in [6, 6.07) is 7.71. The molecular formula is C11H11N3O. The molecule has 76 valence electrons. The second-order valence-electron chi connectivity index (χ2n) is 3.06. The Kier molecular flexibility index (Phi) is 2.49. The van der Waals surface area contributed by atoms with Crippen molar-refractivity contribution < 1.29 is 4.74 Å². The first-order valence-electron chi connectivity index (χ1n) is 4.51. The summed E-state index contributed by atoms with van der Waals surface area (Å²) in [6.07, 6.45) is 3.38. The third-order valence-corrected chi connectivity index (χ3v) is 2.07. The summed E-state index contributed by atoms with van der Waals surface area (Å²) in [4.78, 5) is 7.87. The predicted octanol–water partition coefficient (Wildman–Crippen LogP) is 1.73. The Hall–Kier alpha value is -2.10. The highest BCUT2D eigenvalue weighted by Gasteiger charge is 2.00. The number of nitrogens with two attached hydrogens (primary N) is 1. The highest BCUT2D eigenvalue weighted by Crippen LogP contribution is 2.22. The number of hydrogen-bond donors (Lipinski definition) is 1. The maximum Gasteiger partial charge on any atom is 0.219 e. The van der Waals surface area contributed by atoms with Crippen LogP contribution >= 0.6 is 0 Å². The number of nitrogen functional groups attached to an aromatic ring is 1. The predicted molar refractivity (Wildman–Crippen MR) is 58.4 cm³/mol. The summed E-state index contributed by atoms with van der Waals surface area (Å²) in [5.41, 5.74) is 7.34. The average Bonchev–Trinajstić information content (AvgIpc) is 2.30. The zero-order chi connectivity index (χ0) is 10.7. The first-order chi connectivity index (χ1) is 7.29. The van der Waals surface area contributed by atoms with Gasteiger partial charge in [-0.25, -0.2) is 9.97 Å². The van der Waals surface area contributed by atoms with Crippen molar-refractivity contribution >= 4 is 5.95 Å². The average molecular weight is 201 g/mol. The molecule has 2 aromatic rings. The molecule has 0 aliphatic rings. The highest BCUT2D eigenvalue weighted by atomic mass is 16.5. The van der Waals surface area contributed by atoms with Crippen LogP contribution in [0, 0.1) is 0 Å². The normalized spacial score (nSPS) is 9.93. The molecule has 1 aromatic heterocycles. The minimum absolute atomic E-state index is 0.279. The smallest absolute Gasteiger partial charge is 0.219 e. The maximum absolute atomic E-state index is 5.41. The summed E-state index contributed by atoms with van der Waals surface area (Å²) in [6.45, 7) is 0. The molecule has 0 aliphatic heterocycles. The van der Waals surface area contributed by atoms with Crippen LogP contribution in [0.3, 0.4) is 0 Å². The fraction of sp³-hybridized carbons (Fsp3) is 0.0909.